The highest BCUT2D eigenvalue weighted by Crippen LogP contribution is 2.44. The number of ether oxygens (including phenoxy) is 1. The molecule has 3 rings (SSSR count). The number of hydrogen-bond donors (Lipinski definition) is 1. The number of sulfone groups is 1. The van der Waals surface area contributed by atoms with Crippen LogP contribution in [0.3, 0.4) is 0 Å². The van der Waals surface area contributed by atoms with Crippen LogP contribution >= 0.6 is 0 Å². The second-order valence-corrected chi connectivity index (χ2v) is 8.07. The van der Waals surface area contributed by atoms with Gasteiger partial charge in [0.2, 0.25) is 15.7 Å². The molecule has 1 aliphatic heterocycles. The number of hydrogen-bond acceptors (Lipinski definition) is 6. The van der Waals surface area contributed by atoms with Crippen molar-refractivity contribution in [2.24, 2.45) is 0 Å². The van der Waals surface area contributed by atoms with Gasteiger partial charge in [0.15, 0.2) is 0 Å². The Bertz CT molecular complexity index is 1040. The minimum atomic E-state index is -3.99. The molecule has 1 aromatic carbocycles. The van der Waals surface area contributed by atoms with E-state index >= 15 is 0 Å². The van der Waals surface area contributed by atoms with Crippen LogP contribution in [0.2, 0.25) is 0 Å². The van der Waals surface area contributed by atoms with Gasteiger partial charge in [0.1, 0.15) is 17.5 Å². The normalized spacial score (nSPS) is 18.2. The number of nitrogens with zero attached hydrogens (tertiary/aromatic N) is 2. The average molecular weight is 394 g/mol. The van der Waals surface area contributed by atoms with Crippen molar-refractivity contribution in [3.8, 4) is 17.0 Å². The monoisotopic (exact) mass is 394 g/mol. The number of aromatic nitrogens is 2. The standard InChI is InChI=1S/C18H19FN2O5S/c1-3-21-18(23)14(9-20-21)13-4-5-16-17(11(13)2)15(26-7-6-19)8-12(10-22)27(16,24)25/h4-5,9,15,23H,3,6-8H2,1-2H3. The first-order valence-corrected chi connectivity index (χ1v) is 9.90. The molecule has 0 bridgehead atoms. The summed E-state index contributed by atoms with van der Waals surface area (Å²) in [6, 6.07) is 2.93. The molecule has 1 aromatic heterocycles. The molecule has 1 unspecified atom stereocenters. The number of carbonyl (C=O) groups excluding carboxylic acids is 1. The van der Waals surface area contributed by atoms with E-state index in [0.29, 0.717) is 28.8 Å². The van der Waals surface area contributed by atoms with Crippen molar-refractivity contribution >= 4 is 15.8 Å². The van der Waals surface area contributed by atoms with Gasteiger partial charge in [-0.15, -0.1) is 0 Å². The summed E-state index contributed by atoms with van der Waals surface area (Å²) >= 11 is 0. The zero-order valence-corrected chi connectivity index (χ0v) is 15.7. The van der Waals surface area contributed by atoms with Gasteiger partial charge in [0.05, 0.1) is 29.4 Å². The van der Waals surface area contributed by atoms with E-state index in [2.05, 4.69) is 5.10 Å². The number of alkyl halides is 1. The maximum Gasteiger partial charge on any atom is 0.217 e. The molecule has 7 nitrogen and oxygen atoms in total. The lowest BCUT2D eigenvalue weighted by Crippen LogP contribution is -2.23. The van der Waals surface area contributed by atoms with Gasteiger partial charge in [-0.3, -0.25) is 0 Å². The largest absolute Gasteiger partial charge is 0.493 e. The minimum Gasteiger partial charge on any atom is -0.493 e. The highest BCUT2D eigenvalue weighted by atomic mass is 32.2. The fourth-order valence-corrected chi connectivity index (χ4v) is 4.94. The summed E-state index contributed by atoms with van der Waals surface area (Å²) in [4.78, 5) is 10.7. The van der Waals surface area contributed by atoms with Crippen LogP contribution in [0, 0.1) is 6.92 Å². The van der Waals surface area contributed by atoms with Crippen LogP contribution in [-0.2, 0) is 25.9 Å². The molecule has 1 aliphatic rings. The molecule has 2 aromatic rings. The van der Waals surface area contributed by atoms with Crippen molar-refractivity contribution in [1.29, 1.82) is 0 Å². The molecule has 1 atom stereocenters. The molecule has 0 spiro atoms. The third-order valence-electron chi connectivity index (χ3n) is 4.69. The quantitative estimate of drug-likeness (QED) is 0.783. The van der Waals surface area contributed by atoms with Gasteiger partial charge >= 0.3 is 0 Å². The first kappa shape index (κ1) is 19.3. The molecule has 0 radical (unpaired) electrons. The third kappa shape index (κ3) is 3.07. The average Bonchev–Trinajstić information content (AvgIpc) is 3.01. The fraction of sp³-hybridized carbons (Fsp3) is 0.389. The van der Waals surface area contributed by atoms with E-state index in [0.717, 1.165) is 0 Å². The molecule has 0 saturated carbocycles. The summed E-state index contributed by atoms with van der Waals surface area (Å²) < 4.78 is 44.9. The van der Waals surface area contributed by atoms with Crippen LogP contribution in [-0.4, -0.2) is 42.5 Å². The van der Waals surface area contributed by atoms with E-state index in [4.69, 9.17) is 4.74 Å². The van der Waals surface area contributed by atoms with Gasteiger partial charge in [0.25, 0.3) is 0 Å². The summed E-state index contributed by atoms with van der Waals surface area (Å²) in [6.07, 6.45) is 0.501. The molecule has 1 N–H and O–H groups in total. The predicted molar refractivity (Wildman–Crippen MR) is 95.4 cm³/mol. The van der Waals surface area contributed by atoms with Crippen molar-refractivity contribution in [3.63, 3.8) is 0 Å². The Morgan fingerprint density at radius 2 is 2.15 bits per heavy atom. The lowest BCUT2D eigenvalue weighted by Gasteiger charge is -2.28. The van der Waals surface area contributed by atoms with E-state index in [1.807, 2.05) is 6.92 Å². The summed E-state index contributed by atoms with van der Waals surface area (Å²) in [5.74, 6) is 1.45. The van der Waals surface area contributed by atoms with Crippen LogP contribution in [0.1, 0.15) is 30.6 Å². The Balaban J connectivity index is 2.24. The van der Waals surface area contributed by atoms with Crippen molar-refractivity contribution < 1.29 is 27.4 Å². The second kappa shape index (κ2) is 7.26. The van der Waals surface area contributed by atoms with Crippen LogP contribution in [0.15, 0.2) is 28.1 Å². The zero-order chi connectivity index (χ0) is 19.8. The molecule has 0 amide bonds. The lowest BCUT2D eigenvalue weighted by atomic mass is 9.93. The van der Waals surface area contributed by atoms with Crippen LogP contribution in [0.25, 0.3) is 11.1 Å². The number of aryl methyl sites for hydroxylation is 1. The molecule has 2 heterocycles. The zero-order valence-electron chi connectivity index (χ0n) is 14.9. The highest BCUT2D eigenvalue weighted by Gasteiger charge is 2.38. The predicted octanol–water partition coefficient (Wildman–Crippen LogP) is 2.50. The molecular formula is C18H19FN2O5S. The number of aromatic hydroxyl groups is 1. The van der Waals surface area contributed by atoms with Gasteiger partial charge in [-0.05, 0) is 31.0 Å². The van der Waals surface area contributed by atoms with Crippen molar-refractivity contribution in [2.75, 3.05) is 13.3 Å². The summed E-state index contributed by atoms with van der Waals surface area (Å²) in [7, 11) is -3.99. The Kier molecular flexibility index (Phi) is 5.19. The van der Waals surface area contributed by atoms with E-state index < -0.39 is 27.5 Å². The Morgan fingerprint density at radius 1 is 1.41 bits per heavy atom. The van der Waals surface area contributed by atoms with Gasteiger partial charge in [-0.2, -0.15) is 5.10 Å². The van der Waals surface area contributed by atoms with E-state index in [-0.39, 0.29) is 23.8 Å². The molecule has 144 valence electrons. The van der Waals surface area contributed by atoms with Gasteiger partial charge in [-0.1, -0.05) is 6.07 Å². The highest BCUT2D eigenvalue weighted by molar-refractivity contribution is 7.95. The Hall–Kier alpha value is -2.48. The summed E-state index contributed by atoms with van der Waals surface area (Å²) in [6.45, 7) is 3.05. The molecule has 0 saturated heterocycles. The number of benzene rings is 1. The van der Waals surface area contributed by atoms with Crippen LogP contribution in [0.4, 0.5) is 4.39 Å². The van der Waals surface area contributed by atoms with Crippen molar-refractivity contribution in [2.45, 2.75) is 37.8 Å². The first-order valence-electron chi connectivity index (χ1n) is 8.42. The fourth-order valence-electron chi connectivity index (χ4n) is 3.37. The summed E-state index contributed by atoms with van der Waals surface area (Å²) in [5.41, 5.74) is 1.98. The molecule has 0 fully saturated rings. The number of fused-ring (bicyclic) bond motifs is 1. The molecular weight excluding hydrogens is 375 g/mol. The smallest absolute Gasteiger partial charge is 0.217 e. The molecule has 0 aliphatic carbocycles. The van der Waals surface area contributed by atoms with Gasteiger partial charge in [0, 0.05) is 18.5 Å². The maximum absolute atomic E-state index is 12.7. The number of rotatable bonds is 5. The third-order valence-corrected chi connectivity index (χ3v) is 6.53. The molecule has 27 heavy (non-hydrogen) atoms. The van der Waals surface area contributed by atoms with Gasteiger partial charge < -0.3 is 9.84 Å². The topological polar surface area (TPSA) is 98.5 Å². The second-order valence-electron chi connectivity index (χ2n) is 6.13. The summed E-state index contributed by atoms with van der Waals surface area (Å²) in [5, 5.41) is 14.4. The SMILES string of the molecule is CCn1ncc(-c2ccc3c(c2C)C(OCCF)CC(=C=O)S3(=O)=O)c1O. The minimum absolute atomic E-state index is 0.0334. The lowest BCUT2D eigenvalue weighted by molar-refractivity contribution is 0.0417. The first-order chi connectivity index (χ1) is 12.9. The van der Waals surface area contributed by atoms with Crippen molar-refractivity contribution in [1.82, 2.24) is 9.78 Å². The van der Waals surface area contributed by atoms with Crippen molar-refractivity contribution in [3.05, 3.63) is 34.4 Å². The van der Waals surface area contributed by atoms with Crippen LogP contribution in [0.5, 0.6) is 5.88 Å². The van der Waals surface area contributed by atoms with E-state index in [1.54, 1.807) is 13.0 Å². The van der Waals surface area contributed by atoms with E-state index in [9.17, 15) is 22.7 Å². The number of halogens is 1. The maximum atomic E-state index is 12.7. The Morgan fingerprint density at radius 3 is 2.74 bits per heavy atom. The molecule has 9 heteroatoms. The van der Waals surface area contributed by atoms with E-state index in [1.165, 1.54) is 22.9 Å². The van der Waals surface area contributed by atoms with Gasteiger partial charge in [-0.25, -0.2) is 22.3 Å². The van der Waals surface area contributed by atoms with Crippen LogP contribution < -0.4 is 0 Å². The Labute approximate surface area is 156 Å².